The first-order valence-electron chi connectivity index (χ1n) is 10.3. The Hall–Kier alpha value is -1.92. The smallest absolute Gasteiger partial charge is 0.255 e. The number of rotatable bonds is 3. The number of H-pyrrole nitrogens is 2. The number of halogens is 1. The van der Waals surface area contributed by atoms with E-state index in [1.54, 1.807) is 0 Å². The van der Waals surface area contributed by atoms with Crippen LogP contribution >= 0.6 is 15.9 Å². The molecule has 1 saturated carbocycles. The Morgan fingerprint density at radius 2 is 2.07 bits per heavy atom. The minimum absolute atomic E-state index is 0.0652. The van der Waals surface area contributed by atoms with Crippen molar-refractivity contribution in [2.45, 2.75) is 57.5 Å². The summed E-state index contributed by atoms with van der Waals surface area (Å²) in [5.74, 6) is 1.37. The van der Waals surface area contributed by atoms with Crippen LogP contribution in [0.5, 0.6) is 0 Å². The van der Waals surface area contributed by atoms with Gasteiger partial charge >= 0.3 is 0 Å². The van der Waals surface area contributed by atoms with Gasteiger partial charge in [-0.2, -0.15) is 0 Å². The van der Waals surface area contributed by atoms with Crippen LogP contribution in [0.15, 0.2) is 33.7 Å². The Morgan fingerprint density at radius 1 is 1.21 bits per heavy atom. The molecule has 5 nitrogen and oxygen atoms in total. The molecule has 0 amide bonds. The molecular formula is C22H25BrN4O. The molecule has 0 spiro atoms. The number of aromatic amines is 2. The first kappa shape index (κ1) is 18.1. The topological polar surface area (TPSA) is 64.8 Å². The maximum Gasteiger partial charge on any atom is 0.255 e. The number of benzene rings is 1. The standard InChI is InChI=1S/C22H25BrN4O/c23-17-7-4-8-19-20(17)15(11-24-19)12-27-10-9-18-16(13-27)22(28)26-21(25-18)14-5-2-1-3-6-14/h4,7-8,11,14,24H,1-3,5-6,9-10,12-13H2,(H,25,26,28). The molecule has 0 atom stereocenters. The summed E-state index contributed by atoms with van der Waals surface area (Å²) in [7, 11) is 0. The molecule has 0 unspecified atom stereocenters. The van der Waals surface area contributed by atoms with E-state index in [1.165, 1.54) is 30.2 Å². The third-order valence-corrected chi connectivity index (χ3v) is 6.95. The zero-order valence-electron chi connectivity index (χ0n) is 15.9. The molecule has 1 aliphatic heterocycles. The largest absolute Gasteiger partial charge is 0.361 e. The summed E-state index contributed by atoms with van der Waals surface area (Å²) in [6.45, 7) is 2.43. The third kappa shape index (κ3) is 3.33. The van der Waals surface area contributed by atoms with Crippen LogP contribution in [0.4, 0.5) is 0 Å². The number of nitrogens with one attached hydrogen (secondary N) is 2. The molecule has 2 aromatic heterocycles. The highest BCUT2D eigenvalue weighted by molar-refractivity contribution is 9.10. The Labute approximate surface area is 172 Å². The highest BCUT2D eigenvalue weighted by Gasteiger charge is 2.25. The van der Waals surface area contributed by atoms with Crippen molar-refractivity contribution in [2.24, 2.45) is 0 Å². The van der Waals surface area contributed by atoms with Crippen LogP contribution < -0.4 is 5.56 Å². The Morgan fingerprint density at radius 3 is 2.93 bits per heavy atom. The maximum atomic E-state index is 12.8. The average Bonchev–Trinajstić information content (AvgIpc) is 3.13. The Balaban J connectivity index is 1.38. The summed E-state index contributed by atoms with van der Waals surface area (Å²) in [6.07, 6.45) is 9.05. The van der Waals surface area contributed by atoms with Crippen LogP contribution in [-0.2, 0) is 19.5 Å². The Kier molecular flexibility index (Phi) is 4.85. The van der Waals surface area contributed by atoms with E-state index in [1.807, 2.05) is 6.07 Å². The highest BCUT2D eigenvalue weighted by atomic mass is 79.9. The van der Waals surface area contributed by atoms with E-state index in [0.29, 0.717) is 12.5 Å². The van der Waals surface area contributed by atoms with Crippen molar-refractivity contribution < 1.29 is 0 Å². The van der Waals surface area contributed by atoms with Gasteiger partial charge in [0.15, 0.2) is 0 Å². The molecule has 1 fully saturated rings. The second-order valence-corrected chi connectivity index (χ2v) is 9.00. The second kappa shape index (κ2) is 7.48. The minimum Gasteiger partial charge on any atom is -0.361 e. The summed E-state index contributed by atoms with van der Waals surface area (Å²) in [5, 5.41) is 1.23. The lowest BCUT2D eigenvalue weighted by Crippen LogP contribution is -2.36. The molecule has 1 aliphatic carbocycles. The van der Waals surface area contributed by atoms with Gasteiger partial charge in [-0.1, -0.05) is 41.3 Å². The SMILES string of the molecule is O=c1[nH]c(C2CCCCC2)nc2c1CN(Cc1c[nH]c3cccc(Br)c13)CC2. The van der Waals surface area contributed by atoms with Gasteiger partial charge in [-0.15, -0.1) is 0 Å². The molecule has 6 heteroatoms. The lowest BCUT2D eigenvalue weighted by molar-refractivity contribution is 0.242. The average molecular weight is 441 g/mol. The van der Waals surface area contributed by atoms with E-state index in [0.717, 1.165) is 59.4 Å². The highest BCUT2D eigenvalue weighted by Crippen LogP contribution is 2.31. The molecule has 0 saturated heterocycles. The quantitative estimate of drug-likeness (QED) is 0.624. The normalized spacial score (nSPS) is 18.5. The van der Waals surface area contributed by atoms with Gasteiger partial charge in [0.1, 0.15) is 5.82 Å². The second-order valence-electron chi connectivity index (χ2n) is 8.15. The van der Waals surface area contributed by atoms with Crippen molar-refractivity contribution in [1.29, 1.82) is 0 Å². The molecule has 0 bridgehead atoms. The van der Waals surface area contributed by atoms with Gasteiger partial charge in [0.2, 0.25) is 0 Å². The van der Waals surface area contributed by atoms with E-state index in [4.69, 9.17) is 4.98 Å². The van der Waals surface area contributed by atoms with Crippen molar-refractivity contribution in [2.75, 3.05) is 6.54 Å². The van der Waals surface area contributed by atoms with Crippen LogP contribution in [0.2, 0.25) is 0 Å². The van der Waals surface area contributed by atoms with E-state index < -0.39 is 0 Å². The maximum absolute atomic E-state index is 12.8. The van der Waals surface area contributed by atoms with Crippen LogP contribution in [0, 0.1) is 0 Å². The van der Waals surface area contributed by atoms with Gasteiger partial charge in [-0.3, -0.25) is 9.69 Å². The summed E-state index contributed by atoms with van der Waals surface area (Å²) < 4.78 is 1.11. The van der Waals surface area contributed by atoms with Gasteiger partial charge in [0.05, 0.1) is 11.3 Å². The van der Waals surface area contributed by atoms with E-state index in [2.05, 4.69) is 49.1 Å². The summed E-state index contributed by atoms with van der Waals surface area (Å²) >= 11 is 3.67. The summed E-state index contributed by atoms with van der Waals surface area (Å²) in [6, 6.07) is 6.21. The molecule has 3 aromatic rings. The van der Waals surface area contributed by atoms with Crippen LogP contribution in [0.1, 0.15) is 60.7 Å². The molecule has 2 aliphatic rings. The lowest BCUT2D eigenvalue weighted by atomic mass is 9.88. The number of hydrogen-bond acceptors (Lipinski definition) is 3. The van der Waals surface area contributed by atoms with Crippen molar-refractivity contribution in [3.8, 4) is 0 Å². The molecule has 0 radical (unpaired) electrons. The first-order chi connectivity index (χ1) is 13.7. The monoisotopic (exact) mass is 440 g/mol. The number of hydrogen-bond donors (Lipinski definition) is 2. The van der Waals surface area contributed by atoms with Gasteiger partial charge in [0.25, 0.3) is 5.56 Å². The van der Waals surface area contributed by atoms with Crippen LogP contribution in [0.3, 0.4) is 0 Å². The van der Waals surface area contributed by atoms with Gasteiger partial charge in [-0.05, 0) is 30.5 Å². The molecule has 2 N–H and O–H groups in total. The zero-order valence-corrected chi connectivity index (χ0v) is 17.5. The van der Waals surface area contributed by atoms with Crippen molar-refractivity contribution >= 4 is 26.8 Å². The zero-order chi connectivity index (χ0) is 19.1. The van der Waals surface area contributed by atoms with Gasteiger partial charge in [0, 0.05) is 53.5 Å². The molecule has 3 heterocycles. The van der Waals surface area contributed by atoms with Crippen molar-refractivity contribution in [3.05, 3.63) is 61.9 Å². The van der Waals surface area contributed by atoms with Gasteiger partial charge < -0.3 is 9.97 Å². The number of fused-ring (bicyclic) bond motifs is 2. The summed E-state index contributed by atoms with van der Waals surface area (Å²) in [4.78, 5) is 26.5. The van der Waals surface area contributed by atoms with Crippen molar-refractivity contribution in [3.63, 3.8) is 0 Å². The fourth-order valence-corrected chi connectivity index (χ4v) is 5.40. The lowest BCUT2D eigenvalue weighted by Gasteiger charge is -2.28. The Bertz CT molecular complexity index is 1060. The van der Waals surface area contributed by atoms with Gasteiger partial charge in [-0.25, -0.2) is 4.98 Å². The molecule has 28 heavy (non-hydrogen) atoms. The molecular weight excluding hydrogens is 416 g/mol. The van der Waals surface area contributed by atoms with Crippen LogP contribution in [0.25, 0.3) is 10.9 Å². The molecule has 5 rings (SSSR count). The van der Waals surface area contributed by atoms with E-state index in [9.17, 15) is 4.79 Å². The predicted molar refractivity (Wildman–Crippen MR) is 115 cm³/mol. The molecule has 1 aromatic carbocycles. The van der Waals surface area contributed by atoms with E-state index >= 15 is 0 Å². The first-order valence-corrected chi connectivity index (χ1v) is 11.1. The number of aromatic nitrogens is 3. The van der Waals surface area contributed by atoms with Crippen molar-refractivity contribution in [1.82, 2.24) is 19.9 Å². The molecule has 146 valence electrons. The van der Waals surface area contributed by atoms with Crippen LogP contribution in [-0.4, -0.2) is 26.4 Å². The predicted octanol–water partition coefficient (Wildman–Crippen LogP) is 4.62. The third-order valence-electron chi connectivity index (χ3n) is 6.29. The fourth-order valence-electron chi connectivity index (χ4n) is 4.78. The fraction of sp³-hybridized carbons (Fsp3) is 0.455. The minimum atomic E-state index is 0.0652. The van der Waals surface area contributed by atoms with E-state index in [-0.39, 0.29) is 5.56 Å². The summed E-state index contributed by atoms with van der Waals surface area (Å²) in [5.41, 5.74) is 4.33. The number of nitrogens with zero attached hydrogens (tertiary/aromatic N) is 2.